The van der Waals surface area contributed by atoms with Crippen LogP contribution in [0.25, 0.3) is 11.1 Å². The van der Waals surface area contributed by atoms with Crippen molar-refractivity contribution in [2.45, 2.75) is 43.9 Å². The number of nitrogens with one attached hydrogen (secondary N) is 2. The standard InChI is InChI=1S/C25H28N2O6/c1-14(32-2)22(23(28)26-16-11-15(12-16)24(29)30)27-25(31)33-13-21-19-9-5-3-7-17(19)18-8-4-6-10-20(18)21/h3-10,14-16,21-22H,11-13H2,1-2H3,(H,26,28)(H,27,31)(H,29,30). The highest BCUT2D eigenvalue weighted by atomic mass is 16.5. The molecule has 0 heterocycles. The molecule has 3 N–H and O–H groups in total. The maximum atomic E-state index is 12.7. The lowest BCUT2D eigenvalue weighted by atomic mass is 9.80. The molecule has 8 nitrogen and oxygen atoms in total. The second-order valence-electron chi connectivity index (χ2n) is 8.60. The third kappa shape index (κ3) is 4.71. The molecule has 0 saturated heterocycles. The van der Waals surface area contributed by atoms with E-state index in [4.69, 9.17) is 14.6 Å². The summed E-state index contributed by atoms with van der Waals surface area (Å²) in [6.07, 6.45) is -0.557. The molecule has 0 spiro atoms. The van der Waals surface area contributed by atoms with Gasteiger partial charge in [0.1, 0.15) is 12.6 Å². The topological polar surface area (TPSA) is 114 Å². The summed E-state index contributed by atoms with van der Waals surface area (Å²) < 4.78 is 10.8. The molecule has 1 fully saturated rings. The SMILES string of the molecule is COC(C)C(NC(=O)OCC1c2ccccc2-c2ccccc21)C(=O)NC1CC(C(=O)O)C1. The summed E-state index contributed by atoms with van der Waals surface area (Å²) in [6, 6.07) is 14.9. The third-order valence-corrected chi connectivity index (χ3v) is 6.57. The number of benzene rings is 2. The fraction of sp³-hybridized carbons (Fsp3) is 0.400. The summed E-state index contributed by atoms with van der Waals surface area (Å²) >= 11 is 0. The van der Waals surface area contributed by atoms with Gasteiger partial charge in [-0.3, -0.25) is 9.59 Å². The molecule has 2 unspecified atom stereocenters. The van der Waals surface area contributed by atoms with Gasteiger partial charge in [0.05, 0.1) is 12.0 Å². The van der Waals surface area contributed by atoms with E-state index in [1.165, 1.54) is 7.11 Å². The van der Waals surface area contributed by atoms with Crippen molar-refractivity contribution in [3.05, 3.63) is 59.7 Å². The fourth-order valence-electron chi connectivity index (χ4n) is 4.53. The van der Waals surface area contributed by atoms with Gasteiger partial charge in [0.25, 0.3) is 0 Å². The molecule has 0 bridgehead atoms. The molecule has 0 radical (unpaired) electrons. The van der Waals surface area contributed by atoms with Crippen molar-refractivity contribution in [1.82, 2.24) is 10.6 Å². The van der Waals surface area contributed by atoms with Gasteiger partial charge in [-0.05, 0) is 42.0 Å². The van der Waals surface area contributed by atoms with Crippen LogP contribution in [0.2, 0.25) is 0 Å². The maximum Gasteiger partial charge on any atom is 0.407 e. The molecule has 0 aromatic heterocycles. The average molecular weight is 453 g/mol. The lowest BCUT2D eigenvalue weighted by Gasteiger charge is -2.34. The molecule has 8 heteroatoms. The molecule has 4 rings (SSSR count). The molecular weight excluding hydrogens is 424 g/mol. The van der Waals surface area contributed by atoms with Gasteiger partial charge in [-0.2, -0.15) is 0 Å². The molecule has 33 heavy (non-hydrogen) atoms. The number of carbonyl (C=O) groups excluding carboxylic acids is 2. The van der Waals surface area contributed by atoms with E-state index in [2.05, 4.69) is 22.8 Å². The monoisotopic (exact) mass is 452 g/mol. The number of hydrogen-bond acceptors (Lipinski definition) is 5. The van der Waals surface area contributed by atoms with Crippen LogP contribution in [0.4, 0.5) is 4.79 Å². The summed E-state index contributed by atoms with van der Waals surface area (Å²) in [6.45, 7) is 1.81. The van der Waals surface area contributed by atoms with E-state index < -0.39 is 36.0 Å². The van der Waals surface area contributed by atoms with Gasteiger partial charge in [0, 0.05) is 19.1 Å². The van der Waals surface area contributed by atoms with Crippen molar-refractivity contribution in [1.29, 1.82) is 0 Å². The predicted octanol–water partition coefficient (Wildman–Crippen LogP) is 2.91. The Balaban J connectivity index is 1.37. The normalized spacial score (nSPS) is 20.5. The number of carbonyl (C=O) groups is 3. The average Bonchev–Trinajstić information content (AvgIpc) is 3.11. The number of carboxylic acid groups (broad SMARTS) is 1. The lowest BCUT2D eigenvalue weighted by Crippen LogP contribution is -2.57. The molecule has 2 aliphatic rings. The molecule has 2 atom stereocenters. The van der Waals surface area contributed by atoms with E-state index in [0.717, 1.165) is 22.3 Å². The highest BCUT2D eigenvalue weighted by molar-refractivity contribution is 5.87. The maximum absolute atomic E-state index is 12.7. The van der Waals surface area contributed by atoms with E-state index in [1.54, 1.807) is 6.92 Å². The zero-order valence-corrected chi connectivity index (χ0v) is 18.6. The Kier molecular flexibility index (Phi) is 6.65. The van der Waals surface area contributed by atoms with Crippen LogP contribution < -0.4 is 10.6 Å². The summed E-state index contributed by atoms with van der Waals surface area (Å²) in [5.41, 5.74) is 4.47. The summed E-state index contributed by atoms with van der Waals surface area (Å²) in [7, 11) is 1.45. The number of ether oxygens (including phenoxy) is 2. The quantitative estimate of drug-likeness (QED) is 0.568. The minimum absolute atomic E-state index is 0.0850. The van der Waals surface area contributed by atoms with E-state index in [1.807, 2.05) is 36.4 Å². The molecular formula is C25H28N2O6. The Labute approximate surface area is 192 Å². The first-order valence-corrected chi connectivity index (χ1v) is 11.1. The Hall–Kier alpha value is -3.39. The Morgan fingerprint density at radius 1 is 1.03 bits per heavy atom. The van der Waals surface area contributed by atoms with Crippen LogP contribution >= 0.6 is 0 Å². The summed E-state index contributed by atoms with van der Waals surface area (Å²) in [5, 5.41) is 14.4. The largest absolute Gasteiger partial charge is 0.481 e. The van der Waals surface area contributed by atoms with Crippen LogP contribution in [0.3, 0.4) is 0 Å². The van der Waals surface area contributed by atoms with Crippen LogP contribution in [-0.2, 0) is 19.1 Å². The molecule has 2 aromatic rings. The van der Waals surface area contributed by atoms with Gasteiger partial charge >= 0.3 is 12.1 Å². The number of hydrogen-bond donors (Lipinski definition) is 3. The highest BCUT2D eigenvalue weighted by Crippen LogP contribution is 2.44. The van der Waals surface area contributed by atoms with E-state index in [0.29, 0.717) is 12.8 Å². The van der Waals surface area contributed by atoms with Crippen LogP contribution in [0.1, 0.15) is 36.8 Å². The first-order valence-electron chi connectivity index (χ1n) is 11.1. The number of methoxy groups -OCH3 is 1. The first-order chi connectivity index (χ1) is 15.9. The van der Waals surface area contributed by atoms with Gasteiger partial charge in [0.15, 0.2) is 0 Å². The Morgan fingerprint density at radius 3 is 2.15 bits per heavy atom. The second kappa shape index (κ2) is 9.62. The molecule has 2 aromatic carbocycles. The van der Waals surface area contributed by atoms with Crippen molar-refractivity contribution >= 4 is 18.0 Å². The summed E-state index contributed by atoms with van der Waals surface area (Å²) in [5.74, 6) is -1.81. The Morgan fingerprint density at radius 2 is 1.61 bits per heavy atom. The molecule has 0 aliphatic heterocycles. The van der Waals surface area contributed by atoms with Crippen molar-refractivity contribution in [2.75, 3.05) is 13.7 Å². The van der Waals surface area contributed by atoms with Gasteiger partial charge in [-0.1, -0.05) is 48.5 Å². The third-order valence-electron chi connectivity index (χ3n) is 6.57. The van der Waals surface area contributed by atoms with Gasteiger partial charge in [-0.25, -0.2) is 4.79 Å². The number of alkyl carbamates (subject to hydrolysis) is 1. The number of rotatable bonds is 8. The molecule has 174 valence electrons. The van der Waals surface area contributed by atoms with E-state index >= 15 is 0 Å². The van der Waals surface area contributed by atoms with E-state index in [-0.39, 0.29) is 18.6 Å². The number of amides is 2. The van der Waals surface area contributed by atoms with Crippen molar-refractivity contribution in [2.24, 2.45) is 5.92 Å². The van der Waals surface area contributed by atoms with Crippen LogP contribution in [-0.4, -0.2) is 55.0 Å². The van der Waals surface area contributed by atoms with Gasteiger partial charge in [0.2, 0.25) is 5.91 Å². The van der Waals surface area contributed by atoms with Crippen LogP contribution in [0, 0.1) is 5.92 Å². The van der Waals surface area contributed by atoms with E-state index in [9.17, 15) is 14.4 Å². The van der Waals surface area contributed by atoms with Crippen molar-refractivity contribution in [3.8, 4) is 11.1 Å². The summed E-state index contributed by atoms with van der Waals surface area (Å²) in [4.78, 5) is 36.3. The van der Waals surface area contributed by atoms with Gasteiger partial charge in [-0.15, -0.1) is 0 Å². The predicted molar refractivity (Wildman–Crippen MR) is 121 cm³/mol. The van der Waals surface area contributed by atoms with Crippen molar-refractivity contribution in [3.63, 3.8) is 0 Å². The number of carboxylic acids is 1. The lowest BCUT2D eigenvalue weighted by molar-refractivity contribution is -0.146. The van der Waals surface area contributed by atoms with Crippen LogP contribution in [0.5, 0.6) is 0 Å². The second-order valence-corrected chi connectivity index (χ2v) is 8.60. The molecule has 2 aliphatic carbocycles. The minimum Gasteiger partial charge on any atom is -0.481 e. The number of aliphatic carboxylic acids is 1. The zero-order valence-electron chi connectivity index (χ0n) is 18.6. The van der Waals surface area contributed by atoms with Crippen molar-refractivity contribution < 1.29 is 29.0 Å². The van der Waals surface area contributed by atoms with Gasteiger partial charge < -0.3 is 25.2 Å². The smallest absolute Gasteiger partial charge is 0.407 e. The number of fused-ring (bicyclic) bond motifs is 3. The molecule has 1 saturated carbocycles. The zero-order chi connectivity index (χ0) is 23.5. The minimum atomic E-state index is -0.963. The molecule has 2 amide bonds. The Bertz CT molecular complexity index is 1000. The first kappa shape index (κ1) is 22.8. The van der Waals surface area contributed by atoms with Crippen LogP contribution in [0.15, 0.2) is 48.5 Å². The fourth-order valence-corrected chi connectivity index (χ4v) is 4.53. The highest BCUT2D eigenvalue weighted by Gasteiger charge is 2.38.